The van der Waals surface area contributed by atoms with Gasteiger partial charge in [0.1, 0.15) is 5.82 Å². The molecule has 1 saturated heterocycles. The lowest BCUT2D eigenvalue weighted by molar-refractivity contribution is -0.137. The average Bonchev–Trinajstić information content (AvgIpc) is 2.63. The molecule has 0 aliphatic carbocycles. The zero-order valence-electron chi connectivity index (χ0n) is 12.4. The molecule has 1 aliphatic rings. The molecule has 0 bridgehead atoms. The molecule has 0 spiro atoms. The molecule has 1 aromatic carbocycles. The molecule has 1 unspecified atom stereocenters. The van der Waals surface area contributed by atoms with Gasteiger partial charge in [0.25, 0.3) is 6.47 Å². The SMILES string of the molecule is O=CO.OC1CCCN(Cc2cc(F)cc(C(F)(F)F)c2)CC1. The molecule has 1 atom stereocenters. The first-order valence-corrected chi connectivity index (χ1v) is 7.11. The number of benzene rings is 1. The topological polar surface area (TPSA) is 60.8 Å². The van der Waals surface area contributed by atoms with Crippen LogP contribution in [0, 0.1) is 5.82 Å². The van der Waals surface area contributed by atoms with Crippen molar-refractivity contribution in [3.63, 3.8) is 0 Å². The Kier molecular flexibility index (Phi) is 7.44. The number of hydrogen-bond donors (Lipinski definition) is 2. The second kappa shape index (κ2) is 8.83. The van der Waals surface area contributed by atoms with E-state index < -0.39 is 17.6 Å². The Morgan fingerprint density at radius 2 is 1.87 bits per heavy atom. The van der Waals surface area contributed by atoms with Crippen molar-refractivity contribution in [3.8, 4) is 0 Å². The van der Waals surface area contributed by atoms with Crippen LogP contribution in [-0.2, 0) is 17.5 Å². The third kappa shape index (κ3) is 6.96. The second-order valence-corrected chi connectivity index (χ2v) is 5.31. The molecule has 0 saturated carbocycles. The smallest absolute Gasteiger partial charge is 0.416 e. The minimum Gasteiger partial charge on any atom is -0.483 e. The second-order valence-electron chi connectivity index (χ2n) is 5.31. The zero-order valence-corrected chi connectivity index (χ0v) is 12.4. The van der Waals surface area contributed by atoms with Crippen LogP contribution >= 0.6 is 0 Å². The molecule has 2 N–H and O–H groups in total. The van der Waals surface area contributed by atoms with Gasteiger partial charge in [-0.25, -0.2) is 4.39 Å². The van der Waals surface area contributed by atoms with Gasteiger partial charge in [0.15, 0.2) is 0 Å². The van der Waals surface area contributed by atoms with E-state index in [1.54, 1.807) is 0 Å². The first-order chi connectivity index (χ1) is 10.8. The van der Waals surface area contributed by atoms with Crippen LogP contribution in [0.5, 0.6) is 0 Å². The van der Waals surface area contributed by atoms with Gasteiger partial charge in [-0.2, -0.15) is 13.2 Å². The van der Waals surface area contributed by atoms with E-state index in [-0.39, 0.29) is 19.1 Å². The van der Waals surface area contributed by atoms with Crippen molar-refractivity contribution in [1.29, 1.82) is 0 Å². The molecule has 0 radical (unpaired) electrons. The molecular formula is C15H19F4NO3. The van der Waals surface area contributed by atoms with Crippen molar-refractivity contribution in [1.82, 2.24) is 4.90 Å². The minimum atomic E-state index is -4.54. The lowest BCUT2D eigenvalue weighted by atomic mass is 10.1. The minimum absolute atomic E-state index is 0.250. The molecule has 130 valence electrons. The maximum absolute atomic E-state index is 13.3. The van der Waals surface area contributed by atoms with E-state index in [2.05, 4.69) is 0 Å². The van der Waals surface area contributed by atoms with E-state index >= 15 is 0 Å². The number of hydrogen-bond acceptors (Lipinski definition) is 3. The highest BCUT2D eigenvalue weighted by molar-refractivity contribution is 5.32. The Bertz CT molecular complexity index is 508. The predicted octanol–water partition coefficient (Wildman–Crippen LogP) is 2.89. The monoisotopic (exact) mass is 337 g/mol. The molecule has 2 rings (SSSR count). The molecular weight excluding hydrogens is 318 g/mol. The Hall–Kier alpha value is -1.67. The van der Waals surface area contributed by atoms with Crippen molar-refractivity contribution >= 4 is 6.47 Å². The van der Waals surface area contributed by atoms with Crippen LogP contribution in [0.4, 0.5) is 17.6 Å². The third-order valence-corrected chi connectivity index (χ3v) is 3.48. The standard InChI is InChI=1S/C14H17F4NO.CH2O2/c15-12-7-10(6-11(8-12)14(16,17)18)9-19-4-1-2-13(20)3-5-19;2-1-3/h6-8,13,20H,1-5,9H2;1H,(H,2,3). The Morgan fingerprint density at radius 3 is 2.48 bits per heavy atom. The number of aliphatic hydroxyl groups excluding tert-OH is 1. The summed E-state index contributed by atoms with van der Waals surface area (Å²) in [4.78, 5) is 10.3. The highest BCUT2D eigenvalue weighted by Crippen LogP contribution is 2.30. The molecule has 1 fully saturated rings. The van der Waals surface area contributed by atoms with Crippen molar-refractivity contribution in [2.24, 2.45) is 0 Å². The number of likely N-dealkylation sites (tertiary alicyclic amines) is 1. The van der Waals surface area contributed by atoms with Gasteiger partial charge in [0.2, 0.25) is 0 Å². The fourth-order valence-electron chi connectivity index (χ4n) is 2.46. The summed E-state index contributed by atoms with van der Waals surface area (Å²) in [5.41, 5.74) is -0.643. The van der Waals surface area contributed by atoms with Crippen LogP contribution in [-0.4, -0.2) is 40.8 Å². The van der Waals surface area contributed by atoms with Gasteiger partial charge >= 0.3 is 6.18 Å². The van der Waals surface area contributed by atoms with Gasteiger partial charge in [0.05, 0.1) is 11.7 Å². The van der Waals surface area contributed by atoms with Crippen molar-refractivity contribution in [2.45, 2.75) is 38.1 Å². The summed E-state index contributed by atoms with van der Waals surface area (Å²) in [6.07, 6.45) is -2.79. The highest BCUT2D eigenvalue weighted by atomic mass is 19.4. The lowest BCUT2D eigenvalue weighted by Crippen LogP contribution is -2.25. The van der Waals surface area contributed by atoms with Gasteiger partial charge < -0.3 is 10.2 Å². The first kappa shape index (κ1) is 19.4. The predicted molar refractivity (Wildman–Crippen MR) is 75.2 cm³/mol. The number of alkyl halides is 3. The fraction of sp³-hybridized carbons (Fsp3) is 0.533. The molecule has 0 aromatic heterocycles. The van der Waals surface area contributed by atoms with Crippen LogP contribution in [0.2, 0.25) is 0 Å². The quantitative estimate of drug-likeness (QED) is 0.643. The average molecular weight is 337 g/mol. The summed E-state index contributed by atoms with van der Waals surface area (Å²) < 4.78 is 51.2. The molecule has 8 heteroatoms. The van der Waals surface area contributed by atoms with E-state index in [1.165, 1.54) is 0 Å². The largest absolute Gasteiger partial charge is 0.483 e. The van der Waals surface area contributed by atoms with Crippen LogP contribution in [0.1, 0.15) is 30.4 Å². The summed E-state index contributed by atoms with van der Waals surface area (Å²) in [6.45, 7) is 1.33. The number of carbonyl (C=O) groups is 1. The Labute approximate surface area is 131 Å². The molecule has 4 nitrogen and oxygen atoms in total. The molecule has 23 heavy (non-hydrogen) atoms. The summed E-state index contributed by atoms with van der Waals surface area (Å²) in [5, 5.41) is 16.4. The third-order valence-electron chi connectivity index (χ3n) is 3.48. The van der Waals surface area contributed by atoms with Gasteiger partial charge in [0, 0.05) is 13.1 Å². The lowest BCUT2D eigenvalue weighted by Gasteiger charge is -2.20. The number of carboxylic acid groups (broad SMARTS) is 1. The van der Waals surface area contributed by atoms with Crippen LogP contribution in [0.25, 0.3) is 0 Å². The Balaban J connectivity index is 0.000000816. The number of nitrogens with zero attached hydrogens (tertiary/aromatic N) is 1. The number of halogens is 4. The maximum atomic E-state index is 13.3. The number of rotatable bonds is 2. The molecule has 1 heterocycles. The van der Waals surface area contributed by atoms with E-state index in [0.29, 0.717) is 37.6 Å². The van der Waals surface area contributed by atoms with Gasteiger partial charge in [-0.3, -0.25) is 9.69 Å². The number of aliphatic hydroxyl groups is 1. The summed E-state index contributed by atoms with van der Waals surface area (Å²) in [7, 11) is 0. The Morgan fingerprint density at radius 1 is 1.22 bits per heavy atom. The first-order valence-electron chi connectivity index (χ1n) is 7.11. The summed E-state index contributed by atoms with van der Waals surface area (Å²) >= 11 is 0. The summed E-state index contributed by atoms with van der Waals surface area (Å²) in [6, 6.07) is 2.64. The van der Waals surface area contributed by atoms with Crippen molar-refractivity contribution in [2.75, 3.05) is 13.1 Å². The van der Waals surface area contributed by atoms with E-state index in [4.69, 9.17) is 9.90 Å². The van der Waals surface area contributed by atoms with Gasteiger partial charge in [-0.05, 0) is 49.6 Å². The van der Waals surface area contributed by atoms with E-state index in [0.717, 1.165) is 18.6 Å². The van der Waals surface area contributed by atoms with E-state index in [9.17, 15) is 22.7 Å². The van der Waals surface area contributed by atoms with Crippen molar-refractivity contribution in [3.05, 3.63) is 35.1 Å². The maximum Gasteiger partial charge on any atom is 0.416 e. The van der Waals surface area contributed by atoms with Gasteiger partial charge in [-0.15, -0.1) is 0 Å². The van der Waals surface area contributed by atoms with Gasteiger partial charge in [-0.1, -0.05) is 0 Å². The molecule has 1 aliphatic heterocycles. The zero-order chi connectivity index (χ0) is 17.5. The van der Waals surface area contributed by atoms with Crippen LogP contribution in [0.3, 0.4) is 0 Å². The van der Waals surface area contributed by atoms with Crippen LogP contribution < -0.4 is 0 Å². The molecule has 0 amide bonds. The van der Waals surface area contributed by atoms with E-state index in [1.807, 2.05) is 4.90 Å². The summed E-state index contributed by atoms with van der Waals surface area (Å²) in [5.74, 6) is -0.871. The fourth-order valence-corrected chi connectivity index (χ4v) is 2.46. The van der Waals surface area contributed by atoms with Crippen LogP contribution in [0.15, 0.2) is 18.2 Å². The normalized spacial score (nSPS) is 19.4. The van der Waals surface area contributed by atoms with Crippen molar-refractivity contribution < 1.29 is 32.6 Å². The highest BCUT2D eigenvalue weighted by Gasteiger charge is 2.31. The molecule has 1 aromatic rings.